The summed E-state index contributed by atoms with van der Waals surface area (Å²) >= 11 is 5.83. The molecule has 1 amide bonds. The quantitative estimate of drug-likeness (QED) is 0.474. The van der Waals surface area contributed by atoms with Crippen molar-refractivity contribution in [3.63, 3.8) is 0 Å². The largest absolute Gasteiger partial charge is 0.497 e. The Balaban J connectivity index is 1.54. The summed E-state index contributed by atoms with van der Waals surface area (Å²) in [5.74, 6) is 1.13. The van der Waals surface area contributed by atoms with Gasteiger partial charge in [-0.15, -0.1) is 0 Å². The van der Waals surface area contributed by atoms with E-state index in [1.807, 2.05) is 0 Å². The topological polar surface area (TPSA) is 84.9 Å². The molecule has 0 saturated carbocycles. The Morgan fingerprint density at radius 1 is 0.938 bits per heavy atom. The van der Waals surface area contributed by atoms with Crippen molar-refractivity contribution >= 4 is 33.2 Å². The molecule has 32 heavy (non-hydrogen) atoms. The first kappa shape index (κ1) is 23.4. The second-order valence-corrected chi connectivity index (χ2v) is 9.16. The van der Waals surface area contributed by atoms with Crippen molar-refractivity contribution in [3.05, 3.63) is 83.4 Å². The molecule has 7 nitrogen and oxygen atoms in total. The van der Waals surface area contributed by atoms with Gasteiger partial charge in [0, 0.05) is 17.6 Å². The second kappa shape index (κ2) is 10.4. The van der Waals surface area contributed by atoms with E-state index in [2.05, 4.69) is 5.32 Å². The highest BCUT2D eigenvalue weighted by Gasteiger charge is 2.21. The van der Waals surface area contributed by atoms with Crippen molar-refractivity contribution < 1.29 is 22.7 Å². The van der Waals surface area contributed by atoms with Crippen LogP contribution in [0.15, 0.2) is 77.7 Å². The van der Waals surface area contributed by atoms with E-state index >= 15 is 0 Å². The van der Waals surface area contributed by atoms with E-state index in [0.29, 0.717) is 35.2 Å². The Bertz CT molecular complexity index is 1150. The standard InChI is InChI=1S/C23H23ClN2O5S/c1-26(32(28,29)22-13-5-18(24)6-14-22)19-7-3-17(4-8-19)23(27)25-15-16-31-21-11-9-20(30-2)10-12-21/h3-14H,15-16H2,1-2H3,(H,25,27). The average Bonchev–Trinajstić information content (AvgIpc) is 2.82. The van der Waals surface area contributed by atoms with E-state index in [-0.39, 0.29) is 10.8 Å². The number of carbonyl (C=O) groups is 1. The molecule has 0 aromatic heterocycles. The third-order valence-corrected chi connectivity index (χ3v) is 6.73. The van der Waals surface area contributed by atoms with Crippen LogP contribution in [0.3, 0.4) is 0 Å². The lowest BCUT2D eigenvalue weighted by Crippen LogP contribution is -2.28. The third-order valence-electron chi connectivity index (χ3n) is 4.68. The number of halogens is 1. The zero-order valence-corrected chi connectivity index (χ0v) is 19.2. The van der Waals surface area contributed by atoms with Gasteiger partial charge in [-0.1, -0.05) is 11.6 Å². The number of carbonyl (C=O) groups excluding carboxylic acids is 1. The number of anilines is 1. The van der Waals surface area contributed by atoms with Gasteiger partial charge in [0.05, 0.1) is 24.2 Å². The zero-order valence-electron chi connectivity index (χ0n) is 17.6. The summed E-state index contributed by atoms with van der Waals surface area (Å²) in [6.45, 7) is 0.621. The lowest BCUT2D eigenvalue weighted by atomic mass is 10.2. The number of hydrogen-bond acceptors (Lipinski definition) is 5. The maximum atomic E-state index is 12.8. The highest BCUT2D eigenvalue weighted by atomic mass is 35.5. The molecule has 168 valence electrons. The monoisotopic (exact) mass is 474 g/mol. The Labute approximate surface area is 192 Å². The van der Waals surface area contributed by atoms with Crippen LogP contribution in [0.5, 0.6) is 11.5 Å². The molecule has 0 radical (unpaired) electrons. The summed E-state index contributed by atoms with van der Waals surface area (Å²) in [6.07, 6.45) is 0. The van der Waals surface area contributed by atoms with Crippen molar-refractivity contribution in [2.45, 2.75) is 4.90 Å². The van der Waals surface area contributed by atoms with E-state index in [1.54, 1.807) is 55.6 Å². The van der Waals surface area contributed by atoms with Crippen LogP contribution in [0.4, 0.5) is 5.69 Å². The minimum atomic E-state index is -3.74. The zero-order chi connectivity index (χ0) is 23.1. The van der Waals surface area contributed by atoms with E-state index in [1.165, 1.54) is 31.3 Å². The molecule has 3 aromatic rings. The van der Waals surface area contributed by atoms with Gasteiger partial charge in [0.25, 0.3) is 15.9 Å². The molecule has 0 saturated heterocycles. The first-order valence-electron chi connectivity index (χ1n) is 9.71. The maximum Gasteiger partial charge on any atom is 0.264 e. The highest BCUT2D eigenvalue weighted by molar-refractivity contribution is 7.92. The van der Waals surface area contributed by atoms with Gasteiger partial charge in [0.15, 0.2) is 0 Å². The number of nitrogens with one attached hydrogen (secondary N) is 1. The van der Waals surface area contributed by atoms with Gasteiger partial charge in [-0.3, -0.25) is 9.10 Å². The fourth-order valence-electron chi connectivity index (χ4n) is 2.83. The van der Waals surface area contributed by atoms with Crippen molar-refractivity contribution in [1.29, 1.82) is 0 Å². The normalized spacial score (nSPS) is 11.0. The van der Waals surface area contributed by atoms with Crippen molar-refractivity contribution in [2.24, 2.45) is 0 Å². The molecule has 0 aliphatic heterocycles. The summed E-state index contributed by atoms with van der Waals surface area (Å²) in [5.41, 5.74) is 0.842. The molecule has 9 heteroatoms. The average molecular weight is 475 g/mol. The molecule has 0 spiro atoms. The van der Waals surface area contributed by atoms with E-state index in [9.17, 15) is 13.2 Å². The Hall–Kier alpha value is -3.23. The second-order valence-electron chi connectivity index (χ2n) is 6.75. The lowest BCUT2D eigenvalue weighted by molar-refractivity contribution is 0.0947. The highest BCUT2D eigenvalue weighted by Crippen LogP contribution is 2.23. The molecule has 0 bridgehead atoms. The first-order valence-corrected chi connectivity index (χ1v) is 11.5. The summed E-state index contributed by atoms with van der Waals surface area (Å²) in [5, 5.41) is 3.22. The molecule has 0 atom stereocenters. The third kappa shape index (κ3) is 5.72. The molecule has 0 heterocycles. The molecule has 0 aliphatic rings. The predicted octanol–water partition coefficient (Wildman–Crippen LogP) is 3.98. The fraction of sp³-hybridized carbons (Fsp3) is 0.174. The van der Waals surface area contributed by atoms with Crippen LogP contribution in [0.1, 0.15) is 10.4 Å². The molecular formula is C23H23ClN2O5S. The lowest BCUT2D eigenvalue weighted by Gasteiger charge is -2.19. The van der Waals surface area contributed by atoms with Crippen LogP contribution in [-0.4, -0.2) is 41.6 Å². The van der Waals surface area contributed by atoms with Gasteiger partial charge in [-0.2, -0.15) is 0 Å². The summed E-state index contributed by atoms with van der Waals surface area (Å²) in [4.78, 5) is 12.5. The number of nitrogens with zero attached hydrogens (tertiary/aromatic N) is 1. The first-order chi connectivity index (χ1) is 15.3. The summed E-state index contributed by atoms with van der Waals surface area (Å²) in [6, 6.07) is 19.4. The van der Waals surface area contributed by atoms with Gasteiger partial charge in [0.1, 0.15) is 18.1 Å². The van der Waals surface area contributed by atoms with Crippen LogP contribution < -0.4 is 19.1 Å². The van der Waals surface area contributed by atoms with Gasteiger partial charge < -0.3 is 14.8 Å². The van der Waals surface area contributed by atoms with Crippen LogP contribution >= 0.6 is 11.6 Å². The molecule has 0 aliphatic carbocycles. The Kier molecular flexibility index (Phi) is 7.61. The Morgan fingerprint density at radius 3 is 2.12 bits per heavy atom. The van der Waals surface area contributed by atoms with E-state index in [4.69, 9.17) is 21.1 Å². The fourth-order valence-corrected chi connectivity index (χ4v) is 4.16. The van der Waals surface area contributed by atoms with Gasteiger partial charge >= 0.3 is 0 Å². The number of ether oxygens (including phenoxy) is 2. The van der Waals surface area contributed by atoms with E-state index in [0.717, 1.165) is 10.1 Å². The van der Waals surface area contributed by atoms with Gasteiger partial charge in [0.2, 0.25) is 0 Å². The van der Waals surface area contributed by atoms with Crippen LogP contribution in [0.25, 0.3) is 0 Å². The molecule has 3 rings (SSSR count). The molecule has 0 fully saturated rings. The van der Waals surface area contributed by atoms with E-state index < -0.39 is 10.0 Å². The molecule has 3 aromatic carbocycles. The number of rotatable bonds is 9. The minimum absolute atomic E-state index is 0.128. The maximum absolute atomic E-state index is 12.8. The molecule has 0 unspecified atom stereocenters. The summed E-state index contributed by atoms with van der Waals surface area (Å²) < 4.78 is 37.4. The van der Waals surface area contributed by atoms with Crippen molar-refractivity contribution in [2.75, 3.05) is 31.6 Å². The van der Waals surface area contributed by atoms with Crippen LogP contribution in [0.2, 0.25) is 5.02 Å². The van der Waals surface area contributed by atoms with Crippen molar-refractivity contribution in [1.82, 2.24) is 5.32 Å². The SMILES string of the molecule is COc1ccc(OCCNC(=O)c2ccc(N(C)S(=O)(=O)c3ccc(Cl)cc3)cc2)cc1. The molecule has 1 N–H and O–H groups in total. The van der Waals surface area contributed by atoms with Crippen molar-refractivity contribution in [3.8, 4) is 11.5 Å². The molecular weight excluding hydrogens is 452 g/mol. The van der Waals surface area contributed by atoms with Crippen LogP contribution in [0, 0.1) is 0 Å². The number of sulfonamides is 1. The minimum Gasteiger partial charge on any atom is -0.497 e. The summed E-state index contributed by atoms with van der Waals surface area (Å²) in [7, 11) is -0.695. The number of benzene rings is 3. The smallest absolute Gasteiger partial charge is 0.264 e. The number of amides is 1. The number of methoxy groups -OCH3 is 1. The predicted molar refractivity (Wildman–Crippen MR) is 124 cm³/mol. The van der Waals surface area contributed by atoms with Gasteiger partial charge in [-0.25, -0.2) is 8.42 Å². The number of hydrogen-bond donors (Lipinski definition) is 1. The Morgan fingerprint density at radius 2 is 1.53 bits per heavy atom. The van der Waals surface area contributed by atoms with Gasteiger partial charge in [-0.05, 0) is 72.8 Å². The van der Waals surface area contributed by atoms with Crippen LogP contribution in [-0.2, 0) is 10.0 Å².